The van der Waals surface area contributed by atoms with Gasteiger partial charge in [0.25, 0.3) is 0 Å². The fourth-order valence-corrected chi connectivity index (χ4v) is 1.49. The number of ether oxygens (including phenoxy) is 2. The molecule has 0 aromatic carbocycles. The summed E-state index contributed by atoms with van der Waals surface area (Å²) in [6.45, 7) is 7.39. The molecule has 0 spiro atoms. The molecule has 0 N–H and O–H groups in total. The van der Waals surface area contributed by atoms with Crippen molar-refractivity contribution in [3.05, 3.63) is 12.3 Å². The lowest BCUT2D eigenvalue weighted by molar-refractivity contribution is -0.159. The molecule has 1 atom stereocenters. The first-order valence-corrected chi connectivity index (χ1v) is 5.69. The molecule has 96 valence electrons. The highest BCUT2D eigenvalue weighted by Gasteiger charge is 2.34. The molecular weight excluding hydrogens is 222 g/mol. The van der Waals surface area contributed by atoms with E-state index >= 15 is 0 Å². The van der Waals surface area contributed by atoms with Crippen LogP contribution in [0.15, 0.2) is 12.3 Å². The van der Waals surface area contributed by atoms with E-state index in [9.17, 15) is 9.59 Å². The lowest BCUT2D eigenvalue weighted by Crippen LogP contribution is -2.42. The Kier molecular flexibility index (Phi) is 4.15. The number of amides is 1. The Balaban J connectivity index is 2.65. The zero-order chi connectivity index (χ0) is 13.1. The zero-order valence-corrected chi connectivity index (χ0v) is 10.7. The molecule has 0 bridgehead atoms. The van der Waals surface area contributed by atoms with E-state index < -0.39 is 23.7 Å². The first kappa shape index (κ1) is 13.5. The molecule has 0 aliphatic carbocycles. The van der Waals surface area contributed by atoms with Crippen molar-refractivity contribution in [1.29, 1.82) is 0 Å². The normalized spacial score (nSPS) is 19.3. The van der Waals surface area contributed by atoms with Crippen molar-refractivity contribution in [1.82, 2.24) is 4.90 Å². The van der Waals surface area contributed by atoms with Gasteiger partial charge in [-0.2, -0.15) is 0 Å². The fourth-order valence-electron chi connectivity index (χ4n) is 1.49. The Morgan fingerprint density at radius 2 is 2.06 bits per heavy atom. The van der Waals surface area contributed by atoms with E-state index in [2.05, 4.69) is 0 Å². The average molecular weight is 241 g/mol. The van der Waals surface area contributed by atoms with Gasteiger partial charge in [0.1, 0.15) is 11.6 Å². The lowest BCUT2D eigenvalue weighted by atomic mass is 10.1. The number of rotatable bonds is 2. The van der Waals surface area contributed by atoms with Gasteiger partial charge in [0.05, 0.1) is 6.61 Å². The van der Waals surface area contributed by atoms with Gasteiger partial charge in [-0.25, -0.2) is 9.59 Å². The van der Waals surface area contributed by atoms with E-state index in [0.29, 0.717) is 6.42 Å². The van der Waals surface area contributed by atoms with Crippen LogP contribution >= 0.6 is 0 Å². The van der Waals surface area contributed by atoms with E-state index in [-0.39, 0.29) is 6.61 Å². The van der Waals surface area contributed by atoms with Gasteiger partial charge in [0.15, 0.2) is 0 Å². The molecule has 0 radical (unpaired) electrons. The second-order valence-corrected chi connectivity index (χ2v) is 4.78. The van der Waals surface area contributed by atoms with E-state index in [1.54, 1.807) is 40.0 Å². The number of nitrogens with zero attached hydrogens (tertiary/aromatic N) is 1. The maximum absolute atomic E-state index is 11.9. The molecule has 1 amide bonds. The van der Waals surface area contributed by atoms with Crippen molar-refractivity contribution in [2.45, 2.75) is 45.8 Å². The molecule has 1 aliphatic heterocycles. The van der Waals surface area contributed by atoms with Crippen LogP contribution < -0.4 is 0 Å². The van der Waals surface area contributed by atoms with Crippen LogP contribution in [0.1, 0.15) is 34.1 Å². The number of carbonyl (C=O) groups is 2. The van der Waals surface area contributed by atoms with Crippen molar-refractivity contribution in [2.24, 2.45) is 0 Å². The number of hydrogen-bond acceptors (Lipinski definition) is 4. The molecule has 0 aromatic heterocycles. The van der Waals surface area contributed by atoms with Crippen LogP contribution in [0.2, 0.25) is 0 Å². The molecule has 5 heteroatoms. The fraction of sp³-hybridized carbons (Fsp3) is 0.667. The van der Waals surface area contributed by atoms with Crippen LogP contribution in [-0.2, 0) is 14.3 Å². The first-order valence-electron chi connectivity index (χ1n) is 5.69. The van der Waals surface area contributed by atoms with E-state index in [1.165, 1.54) is 4.90 Å². The Bertz CT molecular complexity index is 330. The summed E-state index contributed by atoms with van der Waals surface area (Å²) >= 11 is 0. The molecule has 0 fully saturated rings. The Labute approximate surface area is 101 Å². The maximum atomic E-state index is 11.9. The van der Waals surface area contributed by atoms with Gasteiger partial charge < -0.3 is 9.47 Å². The topological polar surface area (TPSA) is 55.8 Å². The van der Waals surface area contributed by atoms with Gasteiger partial charge in [-0.1, -0.05) is 6.08 Å². The van der Waals surface area contributed by atoms with Crippen LogP contribution in [0, 0.1) is 0 Å². The number of hydrogen-bond donors (Lipinski definition) is 0. The maximum Gasteiger partial charge on any atom is 0.414 e. The number of esters is 1. The minimum Gasteiger partial charge on any atom is -0.458 e. The Morgan fingerprint density at radius 1 is 1.41 bits per heavy atom. The van der Waals surface area contributed by atoms with Gasteiger partial charge in [-0.3, -0.25) is 4.90 Å². The van der Waals surface area contributed by atoms with Crippen LogP contribution in [0.25, 0.3) is 0 Å². The van der Waals surface area contributed by atoms with E-state index in [0.717, 1.165) is 0 Å². The van der Waals surface area contributed by atoms with E-state index in [4.69, 9.17) is 9.47 Å². The van der Waals surface area contributed by atoms with Crippen molar-refractivity contribution in [3.8, 4) is 0 Å². The second-order valence-electron chi connectivity index (χ2n) is 4.78. The summed E-state index contributed by atoms with van der Waals surface area (Å²) in [7, 11) is 0. The summed E-state index contributed by atoms with van der Waals surface area (Å²) in [5.41, 5.74) is -0.556. The smallest absolute Gasteiger partial charge is 0.414 e. The van der Waals surface area contributed by atoms with E-state index in [1.807, 2.05) is 0 Å². The predicted molar refractivity (Wildman–Crippen MR) is 62.3 cm³/mol. The molecule has 5 nitrogen and oxygen atoms in total. The molecule has 0 saturated heterocycles. The third-order valence-corrected chi connectivity index (χ3v) is 2.12. The third kappa shape index (κ3) is 3.76. The summed E-state index contributed by atoms with van der Waals surface area (Å²) in [4.78, 5) is 24.7. The summed E-state index contributed by atoms with van der Waals surface area (Å²) in [5.74, 6) is -0.407. The molecule has 0 aromatic rings. The molecule has 1 unspecified atom stereocenters. The largest absolute Gasteiger partial charge is 0.458 e. The van der Waals surface area contributed by atoms with Crippen LogP contribution in [0.5, 0.6) is 0 Å². The summed E-state index contributed by atoms with van der Waals surface area (Å²) in [6.07, 6.45) is 3.27. The van der Waals surface area contributed by atoms with Crippen molar-refractivity contribution < 1.29 is 19.1 Å². The SMILES string of the molecule is CCOC(=O)N1C=CCC1C(=O)OC(C)(C)C. The van der Waals surface area contributed by atoms with Crippen LogP contribution in [0.4, 0.5) is 4.79 Å². The predicted octanol–water partition coefficient (Wildman–Crippen LogP) is 2.07. The van der Waals surface area contributed by atoms with Crippen molar-refractivity contribution >= 4 is 12.1 Å². The molecular formula is C12H19NO4. The standard InChI is InChI=1S/C12H19NO4/c1-5-16-11(15)13-8-6-7-9(13)10(14)17-12(2,3)4/h6,8-9H,5,7H2,1-4H3. The molecule has 0 saturated carbocycles. The highest BCUT2D eigenvalue weighted by atomic mass is 16.6. The zero-order valence-electron chi connectivity index (χ0n) is 10.7. The second kappa shape index (κ2) is 5.21. The first-order chi connectivity index (χ1) is 7.85. The average Bonchev–Trinajstić information content (AvgIpc) is 2.63. The number of carbonyl (C=O) groups excluding carboxylic acids is 2. The minimum atomic E-state index is -0.603. The molecule has 1 aliphatic rings. The van der Waals surface area contributed by atoms with Crippen LogP contribution in [-0.4, -0.2) is 35.2 Å². The minimum absolute atomic E-state index is 0.282. The van der Waals surface area contributed by atoms with Gasteiger partial charge in [0.2, 0.25) is 0 Å². The monoisotopic (exact) mass is 241 g/mol. The molecule has 1 heterocycles. The van der Waals surface area contributed by atoms with Crippen molar-refractivity contribution in [3.63, 3.8) is 0 Å². The van der Waals surface area contributed by atoms with Gasteiger partial charge in [0, 0.05) is 6.20 Å². The quantitative estimate of drug-likeness (QED) is 0.694. The highest BCUT2D eigenvalue weighted by molar-refractivity contribution is 5.83. The lowest BCUT2D eigenvalue weighted by Gasteiger charge is -2.26. The van der Waals surface area contributed by atoms with Gasteiger partial charge >= 0.3 is 12.1 Å². The third-order valence-electron chi connectivity index (χ3n) is 2.12. The Hall–Kier alpha value is -1.52. The van der Waals surface area contributed by atoms with Crippen LogP contribution in [0.3, 0.4) is 0 Å². The Morgan fingerprint density at radius 3 is 2.59 bits per heavy atom. The van der Waals surface area contributed by atoms with Gasteiger partial charge in [-0.05, 0) is 34.1 Å². The molecule has 17 heavy (non-hydrogen) atoms. The summed E-state index contributed by atoms with van der Waals surface area (Å²) < 4.78 is 10.1. The summed E-state index contributed by atoms with van der Waals surface area (Å²) in [5, 5.41) is 0. The molecule has 1 rings (SSSR count). The summed E-state index contributed by atoms with van der Waals surface area (Å²) in [6, 6.07) is -0.603. The van der Waals surface area contributed by atoms with Gasteiger partial charge in [-0.15, -0.1) is 0 Å². The highest BCUT2D eigenvalue weighted by Crippen LogP contribution is 2.19. The van der Waals surface area contributed by atoms with Crippen molar-refractivity contribution in [2.75, 3.05) is 6.61 Å².